The molecule has 7 atom stereocenters. The van der Waals surface area contributed by atoms with Gasteiger partial charge >= 0.3 is 11.9 Å². The third-order valence-corrected chi connectivity index (χ3v) is 7.21. The second-order valence-corrected chi connectivity index (χ2v) is 10.4. The maximum Gasteiger partial charge on any atom is 0.326 e. The van der Waals surface area contributed by atoms with Crippen molar-refractivity contribution in [1.82, 2.24) is 15.3 Å². The van der Waals surface area contributed by atoms with E-state index in [-0.39, 0.29) is 36.0 Å². The number of H-pyrrole nitrogens is 1. The van der Waals surface area contributed by atoms with Gasteiger partial charge in [-0.1, -0.05) is 0 Å². The first-order valence-corrected chi connectivity index (χ1v) is 13.7. The number of carboxylic acid groups (broad SMARTS) is 2. The third-order valence-electron chi connectivity index (χ3n) is 7.21. The molecule has 2 aliphatic rings. The number of aromatic amines is 1. The van der Waals surface area contributed by atoms with Crippen LogP contribution in [0.4, 0.5) is 23.1 Å². The van der Waals surface area contributed by atoms with Crippen LogP contribution in [-0.4, -0.2) is 128 Å². The van der Waals surface area contributed by atoms with Gasteiger partial charge in [-0.15, -0.1) is 0 Å². The van der Waals surface area contributed by atoms with E-state index in [2.05, 4.69) is 25.9 Å². The number of likely N-dealkylation sites (N-methyl/N-ethyl adjacent to an activating group) is 1. The summed E-state index contributed by atoms with van der Waals surface area (Å²) in [4.78, 5) is 54.9. The molecule has 0 radical (unpaired) electrons. The van der Waals surface area contributed by atoms with Crippen molar-refractivity contribution in [2.24, 2.45) is 5.73 Å². The molecule has 1 aromatic carbocycles. The number of nitrogens with one attached hydrogen (secondary N) is 4. The minimum atomic E-state index is -1.35. The molecule has 0 spiro atoms. The molecular formula is C26H38N8O11. The van der Waals surface area contributed by atoms with Crippen LogP contribution in [-0.2, 0) is 14.3 Å². The number of aliphatic hydroxyl groups is 4. The number of aliphatic hydroxyl groups excluding tert-OH is 4. The van der Waals surface area contributed by atoms with E-state index in [4.69, 9.17) is 31.5 Å². The van der Waals surface area contributed by atoms with E-state index < -0.39 is 61.1 Å². The predicted octanol–water partition coefficient (Wildman–Crippen LogP) is -3.51. The minimum Gasteiger partial charge on any atom is -0.481 e. The van der Waals surface area contributed by atoms with Crippen molar-refractivity contribution in [3.8, 4) is 0 Å². The van der Waals surface area contributed by atoms with E-state index in [0.29, 0.717) is 24.6 Å². The number of nitrogens with zero attached hydrogens (tertiary/aromatic N) is 2. The molecule has 19 nitrogen and oxygen atoms in total. The molecule has 2 aliphatic heterocycles. The lowest BCUT2D eigenvalue weighted by atomic mass is 9.98. The zero-order chi connectivity index (χ0) is 33.4. The van der Waals surface area contributed by atoms with Gasteiger partial charge in [0.2, 0.25) is 5.95 Å². The minimum absolute atomic E-state index is 0.0388. The molecule has 1 saturated heterocycles. The number of carbonyl (C=O) groups excluding carboxylic acids is 1. The number of fused-ring (bicyclic) bond motifs is 1. The van der Waals surface area contributed by atoms with Crippen LogP contribution in [0, 0.1) is 0 Å². The third kappa shape index (κ3) is 9.00. The van der Waals surface area contributed by atoms with E-state index in [0.717, 1.165) is 5.69 Å². The van der Waals surface area contributed by atoms with E-state index in [1.807, 2.05) is 4.90 Å². The number of carbonyl (C=O) groups is 3. The fourth-order valence-electron chi connectivity index (χ4n) is 4.54. The number of aliphatic carboxylic acids is 2. The lowest BCUT2D eigenvalue weighted by molar-refractivity contribution is -0.248. The van der Waals surface area contributed by atoms with E-state index in [9.17, 15) is 34.5 Å². The van der Waals surface area contributed by atoms with Crippen LogP contribution in [0.15, 0.2) is 29.1 Å². The number of hydrogen-bond acceptors (Lipinski definition) is 15. The molecule has 1 unspecified atom stereocenters. The van der Waals surface area contributed by atoms with Gasteiger partial charge in [0.1, 0.15) is 30.0 Å². The van der Waals surface area contributed by atoms with Gasteiger partial charge in [-0.05, 0) is 30.7 Å². The number of anilines is 4. The Morgan fingerprint density at radius 1 is 1.16 bits per heavy atom. The largest absolute Gasteiger partial charge is 0.481 e. The summed E-state index contributed by atoms with van der Waals surface area (Å²) in [6, 6.07) is 3.99. The van der Waals surface area contributed by atoms with Crippen molar-refractivity contribution in [1.29, 1.82) is 0 Å². The van der Waals surface area contributed by atoms with E-state index >= 15 is 0 Å². The van der Waals surface area contributed by atoms with Crippen molar-refractivity contribution in [3.05, 3.63) is 40.2 Å². The Labute approximate surface area is 255 Å². The van der Waals surface area contributed by atoms with Crippen molar-refractivity contribution >= 4 is 41.0 Å². The van der Waals surface area contributed by atoms with Gasteiger partial charge in [-0.2, -0.15) is 4.98 Å². The Morgan fingerprint density at radius 3 is 2.42 bits per heavy atom. The molecule has 14 N–H and O–H groups in total. The number of nitrogens with two attached hydrogens (primary N) is 2. The lowest BCUT2D eigenvalue weighted by Gasteiger charge is -2.38. The number of carboxylic acids is 2. The first-order chi connectivity index (χ1) is 21.2. The normalized spacial score (nSPS) is 24.6. The van der Waals surface area contributed by atoms with Crippen molar-refractivity contribution in [2.45, 2.75) is 55.6 Å². The lowest BCUT2D eigenvalue weighted by Crippen LogP contribution is -2.61. The number of aromatic nitrogens is 2. The van der Waals surface area contributed by atoms with Gasteiger partial charge in [0.15, 0.2) is 12.1 Å². The molecule has 0 aliphatic carbocycles. The first-order valence-electron chi connectivity index (χ1n) is 13.7. The number of benzene rings is 1. The van der Waals surface area contributed by atoms with Crippen molar-refractivity contribution in [3.63, 3.8) is 0 Å². The first kappa shape index (κ1) is 35.0. The zero-order valence-electron chi connectivity index (χ0n) is 24.2. The summed E-state index contributed by atoms with van der Waals surface area (Å²) in [5.41, 5.74) is 11.9. The van der Waals surface area contributed by atoms with Crippen molar-refractivity contribution < 1.29 is 49.8 Å². The number of rotatable bonds is 10. The van der Waals surface area contributed by atoms with Crippen LogP contribution in [0.3, 0.4) is 0 Å². The number of ether oxygens (including phenoxy) is 1. The molecule has 45 heavy (non-hydrogen) atoms. The number of nitrogen functional groups attached to an aromatic ring is 1. The van der Waals surface area contributed by atoms with E-state index in [1.54, 1.807) is 19.2 Å². The summed E-state index contributed by atoms with van der Waals surface area (Å²) in [6.07, 6.45) is -5.44. The molecule has 3 heterocycles. The Morgan fingerprint density at radius 2 is 1.82 bits per heavy atom. The average Bonchev–Trinajstić information content (AvgIpc) is 2.99. The highest BCUT2D eigenvalue weighted by Gasteiger charge is 2.41. The van der Waals surface area contributed by atoms with Crippen LogP contribution >= 0.6 is 0 Å². The van der Waals surface area contributed by atoms with Crippen LogP contribution < -0.4 is 37.9 Å². The van der Waals surface area contributed by atoms with Gasteiger partial charge in [0.05, 0.1) is 18.7 Å². The summed E-state index contributed by atoms with van der Waals surface area (Å²) < 4.78 is 4.70. The second-order valence-electron chi connectivity index (χ2n) is 10.4. The predicted molar refractivity (Wildman–Crippen MR) is 159 cm³/mol. The number of hydrogen-bond donors (Lipinski definition) is 12. The molecule has 0 saturated carbocycles. The quantitative estimate of drug-likeness (QED) is 0.120. The van der Waals surface area contributed by atoms with E-state index in [1.165, 1.54) is 12.1 Å². The Bertz CT molecular complexity index is 1390. The van der Waals surface area contributed by atoms with Gasteiger partial charge in [-0.25, -0.2) is 4.79 Å². The average molecular weight is 639 g/mol. The van der Waals surface area contributed by atoms with Gasteiger partial charge in [0.25, 0.3) is 11.5 Å². The van der Waals surface area contributed by atoms with Crippen LogP contribution in [0.2, 0.25) is 0 Å². The zero-order valence-corrected chi connectivity index (χ0v) is 24.2. The summed E-state index contributed by atoms with van der Waals surface area (Å²) in [6.45, 7) is 0.538. The van der Waals surface area contributed by atoms with Crippen LogP contribution in [0.5, 0.6) is 0 Å². The standard InChI is InChI=1S/C20H25N7O6.C6H13NO5/c1-27-12(9-23-16-15(27)18(31)26-20(21)25-16)8-22-11-4-2-10(3-5-11)17(30)24-13(19(32)33)6-7-14(28)29;7-3-5(10)4(9)2(1-8)12-6(3)11/h2-5,12-13,22H,6-9H2,1H3,(H,24,30)(H,28,29)(H,32,33)(H4,21,23,25,26,31);2-6,8-11H,1,7H2/t12-,13+;2-,3-,4-,5-,6?/m11/s1. The second kappa shape index (κ2) is 15.5. The maximum absolute atomic E-state index is 12.3. The smallest absolute Gasteiger partial charge is 0.326 e. The summed E-state index contributed by atoms with van der Waals surface area (Å²) >= 11 is 0. The van der Waals surface area contributed by atoms with Crippen molar-refractivity contribution in [2.75, 3.05) is 48.0 Å². The molecule has 1 fully saturated rings. The summed E-state index contributed by atoms with van der Waals surface area (Å²) in [5.74, 6) is -2.59. The van der Waals surface area contributed by atoms with Gasteiger partial charge in [0, 0.05) is 37.8 Å². The monoisotopic (exact) mass is 638 g/mol. The van der Waals surface area contributed by atoms with Gasteiger partial charge in [-0.3, -0.25) is 19.4 Å². The Balaban J connectivity index is 0.000000385. The maximum atomic E-state index is 12.3. The molecule has 19 heteroatoms. The Kier molecular flexibility index (Phi) is 12.0. The fourth-order valence-corrected chi connectivity index (χ4v) is 4.54. The van der Waals surface area contributed by atoms with Crippen LogP contribution in [0.25, 0.3) is 0 Å². The molecule has 4 rings (SSSR count). The molecule has 2 aromatic rings. The molecule has 1 amide bonds. The highest BCUT2D eigenvalue weighted by Crippen LogP contribution is 2.25. The summed E-state index contributed by atoms with van der Waals surface area (Å²) in [7, 11) is 1.79. The Hall–Kier alpha value is -4.53. The highest BCUT2D eigenvalue weighted by atomic mass is 16.6. The number of amides is 1. The van der Waals surface area contributed by atoms with Gasteiger partial charge < -0.3 is 67.7 Å². The summed E-state index contributed by atoms with van der Waals surface area (Å²) in [5, 5.41) is 62.6. The fraction of sp³-hybridized carbons (Fsp3) is 0.500. The molecular weight excluding hydrogens is 600 g/mol. The SMILES string of the molecule is CN1c2c(nc(N)[nH]c2=O)NC[C@H]1CNc1ccc(C(=O)N[C@@H](CCC(=O)O)C(=O)O)cc1.N[C@H]1C(O)O[C@H](CO)[C@@H](O)[C@@H]1O. The molecule has 1 aromatic heterocycles. The highest BCUT2D eigenvalue weighted by molar-refractivity contribution is 5.97. The molecule has 248 valence electrons. The topological polar surface area (TPSA) is 319 Å². The van der Waals surface area contributed by atoms with Crippen LogP contribution in [0.1, 0.15) is 23.2 Å². The molecule has 0 bridgehead atoms.